The van der Waals surface area contributed by atoms with Crippen molar-refractivity contribution in [1.82, 2.24) is 9.55 Å². The third-order valence-electron chi connectivity index (χ3n) is 6.17. The van der Waals surface area contributed by atoms with Crippen LogP contribution in [0.4, 0.5) is 11.6 Å². The largest absolute Gasteiger partial charge is 0.478 e. The van der Waals surface area contributed by atoms with Crippen LogP contribution in [0, 0.1) is 13.8 Å². The number of ether oxygens (including phenoxy) is 1. The first-order valence-electron chi connectivity index (χ1n) is 10.7. The first-order chi connectivity index (χ1) is 15.3. The number of nitrogens with zero attached hydrogens (tertiary/aromatic N) is 3. The van der Waals surface area contributed by atoms with E-state index in [1.165, 1.54) is 0 Å². The van der Waals surface area contributed by atoms with Crippen LogP contribution in [0.25, 0.3) is 10.9 Å². The lowest BCUT2D eigenvalue weighted by Gasteiger charge is -2.30. The van der Waals surface area contributed by atoms with Crippen molar-refractivity contribution in [1.29, 1.82) is 0 Å². The predicted molar refractivity (Wildman–Crippen MR) is 125 cm³/mol. The van der Waals surface area contributed by atoms with Crippen LogP contribution in [0.15, 0.2) is 35.1 Å². The molecule has 1 aromatic heterocycles. The molecule has 2 N–H and O–H groups in total. The topological polar surface area (TPSA) is 96.7 Å². The summed E-state index contributed by atoms with van der Waals surface area (Å²) in [6.07, 6.45) is 0. The van der Waals surface area contributed by atoms with Crippen molar-refractivity contribution in [2.45, 2.75) is 26.8 Å². The summed E-state index contributed by atoms with van der Waals surface area (Å²) in [6.45, 7) is 8.49. The molecule has 0 bridgehead atoms. The fourth-order valence-electron chi connectivity index (χ4n) is 4.34. The first kappa shape index (κ1) is 21.8. The number of carboxylic acid groups (broad SMARTS) is 1. The number of carbonyl (C=O) groups is 1. The number of aryl methyl sites for hydroxylation is 1. The standard InChI is InChI=1S/C24H28N4O4/c1-14-13-18-21(26-24(27(4)22(18)29)28-9-11-32-12-10-28)20(15(14)2)16(3)25-19-8-6-5-7-17(19)23(30)31/h5-8,13,16,25H,9-12H2,1-4H3,(H,30,31). The third-order valence-corrected chi connectivity index (χ3v) is 6.17. The Kier molecular flexibility index (Phi) is 5.88. The fourth-order valence-corrected chi connectivity index (χ4v) is 4.34. The van der Waals surface area contributed by atoms with E-state index in [1.54, 1.807) is 35.9 Å². The molecule has 2 aromatic carbocycles. The molecule has 1 unspecified atom stereocenters. The average Bonchev–Trinajstić information content (AvgIpc) is 2.78. The van der Waals surface area contributed by atoms with Gasteiger partial charge in [-0.25, -0.2) is 9.78 Å². The van der Waals surface area contributed by atoms with Crippen molar-refractivity contribution in [2.24, 2.45) is 7.05 Å². The van der Waals surface area contributed by atoms with Crippen LogP contribution >= 0.6 is 0 Å². The minimum Gasteiger partial charge on any atom is -0.478 e. The average molecular weight is 437 g/mol. The van der Waals surface area contributed by atoms with Crippen molar-refractivity contribution in [3.05, 3.63) is 62.9 Å². The van der Waals surface area contributed by atoms with Gasteiger partial charge < -0.3 is 20.1 Å². The third kappa shape index (κ3) is 3.82. The molecule has 0 aliphatic carbocycles. The number of hydrogen-bond donors (Lipinski definition) is 2. The van der Waals surface area contributed by atoms with Gasteiger partial charge in [0.25, 0.3) is 5.56 Å². The number of morpholine rings is 1. The number of hydrogen-bond acceptors (Lipinski definition) is 6. The van der Waals surface area contributed by atoms with Crippen LogP contribution in [0.1, 0.15) is 40.0 Å². The Labute approximate surface area is 186 Å². The number of aromatic nitrogens is 2. The molecule has 0 saturated carbocycles. The van der Waals surface area contributed by atoms with Gasteiger partial charge in [-0.05, 0) is 50.1 Å². The van der Waals surface area contributed by atoms with Gasteiger partial charge in [0.1, 0.15) is 0 Å². The molecule has 1 aliphatic rings. The lowest BCUT2D eigenvalue weighted by molar-refractivity contribution is 0.0698. The maximum atomic E-state index is 13.3. The Hall–Kier alpha value is -3.39. The molecule has 1 atom stereocenters. The number of para-hydroxylation sites is 1. The second-order valence-corrected chi connectivity index (χ2v) is 8.22. The van der Waals surface area contributed by atoms with Crippen molar-refractivity contribution in [3.8, 4) is 0 Å². The Balaban J connectivity index is 1.88. The predicted octanol–water partition coefficient (Wildman–Crippen LogP) is 3.26. The number of anilines is 2. The molecule has 2 heterocycles. The van der Waals surface area contributed by atoms with Crippen LogP contribution < -0.4 is 15.8 Å². The van der Waals surface area contributed by atoms with Crippen LogP contribution in [0.5, 0.6) is 0 Å². The van der Waals surface area contributed by atoms with Crippen molar-refractivity contribution in [2.75, 3.05) is 36.5 Å². The molecule has 168 valence electrons. The van der Waals surface area contributed by atoms with E-state index < -0.39 is 5.97 Å². The van der Waals surface area contributed by atoms with Crippen molar-refractivity contribution >= 4 is 28.5 Å². The SMILES string of the molecule is Cc1cc2c(=O)n(C)c(N3CCOCC3)nc2c(C(C)Nc2ccccc2C(=O)O)c1C. The lowest BCUT2D eigenvalue weighted by atomic mass is 9.94. The molecule has 8 nitrogen and oxygen atoms in total. The molecule has 4 rings (SSSR count). The Bertz CT molecular complexity index is 1240. The van der Waals surface area contributed by atoms with Gasteiger partial charge in [-0.2, -0.15) is 0 Å². The minimum absolute atomic E-state index is 0.0982. The molecule has 3 aromatic rings. The van der Waals surface area contributed by atoms with Gasteiger partial charge >= 0.3 is 5.97 Å². The van der Waals surface area contributed by atoms with E-state index in [0.29, 0.717) is 48.8 Å². The van der Waals surface area contributed by atoms with Crippen LogP contribution in [0.2, 0.25) is 0 Å². The summed E-state index contributed by atoms with van der Waals surface area (Å²) in [5, 5.41) is 13.5. The zero-order valence-electron chi connectivity index (χ0n) is 18.8. The summed E-state index contributed by atoms with van der Waals surface area (Å²) in [7, 11) is 1.75. The summed E-state index contributed by atoms with van der Waals surface area (Å²) in [6, 6.07) is 8.45. The quantitative estimate of drug-likeness (QED) is 0.634. The highest BCUT2D eigenvalue weighted by molar-refractivity contribution is 5.94. The molecule has 1 aliphatic heterocycles. The minimum atomic E-state index is -0.993. The lowest BCUT2D eigenvalue weighted by Crippen LogP contribution is -2.40. The summed E-state index contributed by atoms with van der Waals surface area (Å²) in [5.41, 5.74) is 4.19. The second-order valence-electron chi connectivity index (χ2n) is 8.22. The molecule has 0 radical (unpaired) electrons. The maximum absolute atomic E-state index is 13.3. The molecule has 0 amide bonds. The maximum Gasteiger partial charge on any atom is 0.337 e. The van der Waals surface area contributed by atoms with Gasteiger partial charge in [-0.1, -0.05) is 12.1 Å². The molecule has 1 fully saturated rings. The summed E-state index contributed by atoms with van der Waals surface area (Å²) < 4.78 is 7.06. The van der Waals surface area contributed by atoms with E-state index >= 15 is 0 Å². The van der Waals surface area contributed by atoms with Crippen molar-refractivity contribution in [3.63, 3.8) is 0 Å². The Morgan fingerprint density at radius 1 is 1.22 bits per heavy atom. The number of benzene rings is 2. The number of rotatable bonds is 5. The fraction of sp³-hybridized carbons (Fsp3) is 0.375. The highest BCUT2D eigenvalue weighted by Crippen LogP contribution is 2.32. The van der Waals surface area contributed by atoms with E-state index in [1.807, 2.05) is 26.8 Å². The normalized spacial score (nSPS) is 15.1. The van der Waals surface area contributed by atoms with E-state index in [4.69, 9.17) is 9.72 Å². The molecule has 32 heavy (non-hydrogen) atoms. The Morgan fingerprint density at radius 3 is 2.59 bits per heavy atom. The van der Waals surface area contributed by atoms with Crippen LogP contribution in [0.3, 0.4) is 0 Å². The molecule has 0 spiro atoms. The van der Waals surface area contributed by atoms with Gasteiger partial charge in [0.05, 0.1) is 35.7 Å². The van der Waals surface area contributed by atoms with Gasteiger partial charge in [0.2, 0.25) is 5.95 Å². The van der Waals surface area contributed by atoms with Gasteiger partial charge in [0, 0.05) is 31.4 Å². The van der Waals surface area contributed by atoms with E-state index in [2.05, 4.69) is 10.2 Å². The zero-order valence-corrected chi connectivity index (χ0v) is 18.8. The van der Waals surface area contributed by atoms with Gasteiger partial charge in [0.15, 0.2) is 0 Å². The summed E-state index contributed by atoms with van der Waals surface area (Å²) in [4.78, 5) is 32.0. The highest BCUT2D eigenvalue weighted by atomic mass is 16.5. The van der Waals surface area contributed by atoms with Gasteiger partial charge in [-0.15, -0.1) is 0 Å². The second kappa shape index (κ2) is 8.63. The molecular formula is C24H28N4O4. The van der Waals surface area contributed by atoms with Crippen LogP contribution in [-0.2, 0) is 11.8 Å². The Morgan fingerprint density at radius 2 is 1.91 bits per heavy atom. The number of fused-ring (bicyclic) bond motifs is 1. The number of aromatic carboxylic acids is 1. The zero-order chi connectivity index (χ0) is 23.0. The van der Waals surface area contributed by atoms with Crippen LogP contribution in [-0.4, -0.2) is 46.9 Å². The van der Waals surface area contributed by atoms with Gasteiger partial charge in [-0.3, -0.25) is 9.36 Å². The monoisotopic (exact) mass is 436 g/mol. The van der Waals surface area contributed by atoms with E-state index in [9.17, 15) is 14.7 Å². The first-order valence-corrected chi connectivity index (χ1v) is 10.7. The van der Waals surface area contributed by atoms with Crippen molar-refractivity contribution < 1.29 is 14.6 Å². The smallest absolute Gasteiger partial charge is 0.337 e. The molecular weight excluding hydrogens is 408 g/mol. The van der Waals surface area contributed by atoms with E-state index in [0.717, 1.165) is 16.7 Å². The number of carboxylic acids is 1. The van der Waals surface area contributed by atoms with E-state index in [-0.39, 0.29) is 17.2 Å². The summed E-state index contributed by atoms with van der Waals surface area (Å²) in [5.74, 6) is -0.374. The molecule has 1 saturated heterocycles. The molecule has 8 heteroatoms. The summed E-state index contributed by atoms with van der Waals surface area (Å²) >= 11 is 0. The number of nitrogens with one attached hydrogen (secondary N) is 1. The highest BCUT2D eigenvalue weighted by Gasteiger charge is 2.23.